The SMILES string of the molecule is Cc1cc(N2CCC(C)C2)cn2nc(C(=O)NC3CCOC3)nc12.c1ccccc1. The molecule has 2 unspecified atom stereocenters. The molecule has 5 rings (SSSR count). The van der Waals surface area contributed by atoms with Gasteiger partial charge in [0.1, 0.15) is 0 Å². The highest BCUT2D eigenvalue weighted by Crippen LogP contribution is 2.25. The molecule has 2 atom stereocenters. The van der Waals surface area contributed by atoms with Gasteiger partial charge >= 0.3 is 0 Å². The number of aryl methyl sites for hydroxylation is 1. The second-order valence-corrected chi connectivity index (χ2v) is 8.11. The number of rotatable bonds is 3. The van der Waals surface area contributed by atoms with Crippen molar-refractivity contribution in [2.45, 2.75) is 32.7 Å². The lowest BCUT2D eigenvalue weighted by Gasteiger charge is -2.18. The summed E-state index contributed by atoms with van der Waals surface area (Å²) in [6.07, 6.45) is 4.03. The van der Waals surface area contributed by atoms with Gasteiger partial charge in [-0.05, 0) is 37.3 Å². The zero-order chi connectivity index (χ0) is 20.9. The fourth-order valence-electron chi connectivity index (χ4n) is 3.85. The van der Waals surface area contributed by atoms with Gasteiger partial charge in [0.2, 0.25) is 5.82 Å². The normalized spacial score (nSPS) is 20.8. The van der Waals surface area contributed by atoms with E-state index >= 15 is 0 Å². The summed E-state index contributed by atoms with van der Waals surface area (Å²) in [5.74, 6) is 0.702. The van der Waals surface area contributed by atoms with E-state index in [1.54, 1.807) is 4.52 Å². The second-order valence-electron chi connectivity index (χ2n) is 8.11. The minimum Gasteiger partial charge on any atom is -0.379 e. The number of pyridine rings is 1. The fraction of sp³-hybridized carbons (Fsp3) is 0.435. The number of nitrogens with one attached hydrogen (secondary N) is 1. The number of aromatic nitrogens is 3. The molecule has 7 nitrogen and oxygen atoms in total. The van der Waals surface area contributed by atoms with E-state index in [2.05, 4.69) is 33.3 Å². The number of ether oxygens (including phenoxy) is 1. The molecule has 1 aromatic carbocycles. The zero-order valence-corrected chi connectivity index (χ0v) is 17.6. The highest BCUT2D eigenvalue weighted by atomic mass is 16.5. The van der Waals surface area contributed by atoms with Gasteiger partial charge in [0, 0.05) is 19.7 Å². The Morgan fingerprint density at radius 3 is 2.50 bits per heavy atom. The van der Waals surface area contributed by atoms with Crippen LogP contribution in [-0.2, 0) is 4.74 Å². The van der Waals surface area contributed by atoms with Gasteiger partial charge in [0.25, 0.3) is 5.91 Å². The molecule has 30 heavy (non-hydrogen) atoms. The maximum absolute atomic E-state index is 12.4. The first-order valence-electron chi connectivity index (χ1n) is 10.6. The molecule has 2 aliphatic heterocycles. The summed E-state index contributed by atoms with van der Waals surface area (Å²) >= 11 is 0. The average molecular weight is 408 g/mol. The van der Waals surface area contributed by atoms with Crippen LogP contribution in [0.15, 0.2) is 48.7 Å². The summed E-state index contributed by atoms with van der Waals surface area (Å²) in [6, 6.07) is 14.2. The largest absolute Gasteiger partial charge is 0.379 e. The number of amides is 1. The predicted molar refractivity (Wildman–Crippen MR) is 117 cm³/mol. The monoisotopic (exact) mass is 407 g/mol. The average Bonchev–Trinajstić information content (AvgIpc) is 3.50. The lowest BCUT2D eigenvalue weighted by molar-refractivity contribution is 0.0919. The lowest BCUT2D eigenvalue weighted by atomic mass is 10.2. The third-order valence-corrected chi connectivity index (χ3v) is 5.53. The number of benzene rings is 1. The first-order chi connectivity index (χ1) is 14.6. The van der Waals surface area contributed by atoms with Gasteiger partial charge < -0.3 is 15.0 Å². The van der Waals surface area contributed by atoms with Gasteiger partial charge in [-0.15, -0.1) is 5.10 Å². The molecule has 0 bridgehead atoms. The number of carbonyl (C=O) groups is 1. The summed E-state index contributed by atoms with van der Waals surface area (Å²) in [7, 11) is 0. The molecule has 2 aliphatic rings. The third-order valence-electron chi connectivity index (χ3n) is 5.53. The van der Waals surface area contributed by atoms with E-state index in [0.29, 0.717) is 19.1 Å². The number of carbonyl (C=O) groups excluding carboxylic acids is 1. The fourth-order valence-corrected chi connectivity index (χ4v) is 3.85. The number of hydrogen-bond donors (Lipinski definition) is 1. The van der Waals surface area contributed by atoms with Crippen molar-refractivity contribution in [3.63, 3.8) is 0 Å². The van der Waals surface area contributed by atoms with Gasteiger partial charge in [-0.1, -0.05) is 43.3 Å². The Balaban J connectivity index is 0.000000313. The van der Waals surface area contributed by atoms with Crippen LogP contribution in [-0.4, -0.2) is 52.9 Å². The van der Waals surface area contributed by atoms with E-state index in [1.807, 2.05) is 49.5 Å². The van der Waals surface area contributed by atoms with E-state index in [4.69, 9.17) is 4.74 Å². The third kappa shape index (κ3) is 4.79. The Hall–Kier alpha value is -2.93. The van der Waals surface area contributed by atoms with E-state index in [0.717, 1.165) is 36.4 Å². The summed E-state index contributed by atoms with van der Waals surface area (Å²) in [5.41, 5.74) is 2.91. The molecule has 4 heterocycles. The minimum atomic E-state index is -0.232. The van der Waals surface area contributed by atoms with Crippen molar-refractivity contribution in [2.75, 3.05) is 31.2 Å². The molecule has 0 radical (unpaired) electrons. The minimum absolute atomic E-state index is 0.0619. The van der Waals surface area contributed by atoms with Crippen molar-refractivity contribution >= 4 is 17.2 Å². The Labute approximate surface area is 177 Å². The molecule has 158 valence electrons. The van der Waals surface area contributed by atoms with Crippen molar-refractivity contribution < 1.29 is 9.53 Å². The number of hydrogen-bond acceptors (Lipinski definition) is 5. The van der Waals surface area contributed by atoms with E-state index in [-0.39, 0.29) is 17.8 Å². The van der Waals surface area contributed by atoms with Crippen LogP contribution >= 0.6 is 0 Å². The van der Waals surface area contributed by atoms with E-state index in [9.17, 15) is 4.79 Å². The highest BCUT2D eigenvalue weighted by Gasteiger charge is 2.23. The molecule has 0 aliphatic carbocycles. The maximum atomic E-state index is 12.4. The molecule has 1 amide bonds. The van der Waals surface area contributed by atoms with Crippen LogP contribution < -0.4 is 10.2 Å². The Kier molecular flexibility index (Phi) is 6.28. The molecule has 0 saturated carbocycles. The smallest absolute Gasteiger partial charge is 0.291 e. The van der Waals surface area contributed by atoms with Crippen LogP contribution in [0.25, 0.3) is 5.65 Å². The molecule has 3 aromatic rings. The number of nitrogens with zero attached hydrogens (tertiary/aromatic N) is 4. The van der Waals surface area contributed by atoms with Crippen LogP contribution in [0.1, 0.15) is 35.9 Å². The van der Waals surface area contributed by atoms with Crippen molar-refractivity contribution in [3.05, 3.63) is 60.0 Å². The Morgan fingerprint density at radius 2 is 1.90 bits per heavy atom. The zero-order valence-electron chi connectivity index (χ0n) is 17.6. The van der Waals surface area contributed by atoms with E-state index < -0.39 is 0 Å². The van der Waals surface area contributed by atoms with Gasteiger partial charge in [-0.25, -0.2) is 9.50 Å². The molecular weight excluding hydrogens is 378 g/mol. The topological polar surface area (TPSA) is 71.8 Å². The molecular formula is C23H29N5O2. The van der Waals surface area contributed by atoms with Crippen molar-refractivity contribution in [2.24, 2.45) is 5.92 Å². The van der Waals surface area contributed by atoms with Gasteiger partial charge in [-0.2, -0.15) is 0 Å². The van der Waals surface area contributed by atoms with Gasteiger partial charge in [-0.3, -0.25) is 4.79 Å². The Bertz CT molecular complexity index is 955. The highest BCUT2D eigenvalue weighted by molar-refractivity contribution is 5.91. The van der Waals surface area contributed by atoms with Crippen LogP contribution in [0.2, 0.25) is 0 Å². The maximum Gasteiger partial charge on any atom is 0.291 e. The first-order valence-corrected chi connectivity index (χ1v) is 10.6. The molecule has 2 fully saturated rings. The number of anilines is 1. The lowest BCUT2D eigenvalue weighted by Crippen LogP contribution is -2.35. The van der Waals surface area contributed by atoms with Crippen molar-refractivity contribution in [1.29, 1.82) is 0 Å². The van der Waals surface area contributed by atoms with Crippen molar-refractivity contribution in [3.8, 4) is 0 Å². The summed E-state index contributed by atoms with van der Waals surface area (Å²) in [4.78, 5) is 19.1. The van der Waals surface area contributed by atoms with Crippen LogP contribution in [0.3, 0.4) is 0 Å². The molecule has 0 spiro atoms. The summed E-state index contributed by atoms with van der Waals surface area (Å²) in [6.45, 7) is 7.68. The van der Waals surface area contributed by atoms with Gasteiger partial charge in [0.15, 0.2) is 5.65 Å². The van der Waals surface area contributed by atoms with Crippen LogP contribution in [0.4, 0.5) is 5.69 Å². The van der Waals surface area contributed by atoms with Crippen LogP contribution in [0, 0.1) is 12.8 Å². The summed E-state index contributed by atoms with van der Waals surface area (Å²) in [5, 5.41) is 7.33. The number of fused-ring (bicyclic) bond motifs is 1. The standard InChI is InChI=1S/C17H23N5O2.C6H6/c1-11-3-5-21(8-11)14-7-12(2)16-19-15(20-22(16)9-14)17(23)18-13-4-6-24-10-13;1-2-4-6-5-3-1/h7,9,11,13H,3-6,8,10H2,1-2H3,(H,18,23);1-6H. The van der Waals surface area contributed by atoms with Crippen LogP contribution in [0.5, 0.6) is 0 Å². The molecule has 1 N–H and O–H groups in total. The molecule has 2 aromatic heterocycles. The van der Waals surface area contributed by atoms with E-state index in [1.165, 1.54) is 6.42 Å². The molecule has 2 saturated heterocycles. The first kappa shape index (κ1) is 20.3. The quantitative estimate of drug-likeness (QED) is 0.722. The Morgan fingerprint density at radius 1 is 1.17 bits per heavy atom. The summed E-state index contributed by atoms with van der Waals surface area (Å²) < 4.78 is 7.02. The van der Waals surface area contributed by atoms with Crippen molar-refractivity contribution in [1.82, 2.24) is 19.9 Å². The molecule has 7 heteroatoms. The van der Waals surface area contributed by atoms with Gasteiger partial charge in [0.05, 0.1) is 24.5 Å². The second kappa shape index (κ2) is 9.26. The predicted octanol–water partition coefficient (Wildman–Crippen LogP) is 3.09.